The van der Waals surface area contributed by atoms with E-state index in [0.29, 0.717) is 6.42 Å². The highest BCUT2D eigenvalue weighted by molar-refractivity contribution is 5.73. The van der Waals surface area contributed by atoms with Gasteiger partial charge in [-0.25, -0.2) is 0 Å². The molecule has 1 fully saturated rings. The van der Waals surface area contributed by atoms with Crippen LogP contribution >= 0.6 is 0 Å². The summed E-state index contributed by atoms with van der Waals surface area (Å²) in [5.41, 5.74) is 0. The molecule has 1 aliphatic rings. The maximum Gasteiger partial charge on any atom is 0.320 e. The van der Waals surface area contributed by atoms with Crippen molar-refractivity contribution in [3.05, 3.63) is 0 Å². The quantitative estimate of drug-likeness (QED) is 0.704. The molecular weight excluding hydrogens is 166 g/mol. The van der Waals surface area contributed by atoms with Crippen LogP contribution in [0, 0.1) is 11.8 Å². The predicted octanol–water partition coefficient (Wildman–Crippen LogP) is 1.44. The second-order valence-electron chi connectivity index (χ2n) is 4.17. The highest BCUT2D eigenvalue weighted by Gasteiger charge is 2.35. The van der Waals surface area contributed by atoms with E-state index in [0.717, 1.165) is 18.4 Å². The van der Waals surface area contributed by atoms with Gasteiger partial charge in [-0.3, -0.25) is 9.69 Å². The van der Waals surface area contributed by atoms with Crippen LogP contribution in [0.3, 0.4) is 0 Å². The molecule has 0 radical (unpaired) electrons. The zero-order valence-electron chi connectivity index (χ0n) is 8.66. The third-order valence-corrected chi connectivity index (χ3v) is 3.00. The van der Waals surface area contributed by atoms with Crippen molar-refractivity contribution < 1.29 is 9.90 Å². The van der Waals surface area contributed by atoms with Gasteiger partial charge in [-0.2, -0.15) is 0 Å². The molecule has 3 heteroatoms. The molecule has 1 rings (SSSR count). The van der Waals surface area contributed by atoms with Gasteiger partial charge in [0.15, 0.2) is 0 Å². The Morgan fingerprint density at radius 1 is 1.69 bits per heavy atom. The lowest BCUT2D eigenvalue weighted by atomic mass is 10.2. The van der Waals surface area contributed by atoms with Gasteiger partial charge in [0.25, 0.3) is 0 Å². The zero-order chi connectivity index (χ0) is 10.0. The average molecular weight is 185 g/mol. The van der Waals surface area contributed by atoms with Crippen molar-refractivity contribution in [2.75, 3.05) is 13.6 Å². The molecule has 0 aliphatic heterocycles. The van der Waals surface area contributed by atoms with Crippen LogP contribution < -0.4 is 0 Å². The van der Waals surface area contributed by atoms with E-state index in [2.05, 4.69) is 6.92 Å². The Bertz CT molecular complexity index is 193. The highest BCUT2D eigenvalue weighted by atomic mass is 16.4. The minimum Gasteiger partial charge on any atom is -0.480 e. The summed E-state index contributed by atoms with van der Waals surface area (Å²) in [6.07, 6.45) is 1.95. The third-order valence-electron chi connectivity index (χ3n) is 3.00. The molecule has 0 heterocycles. The van der Waals surface area contributed by atoms with Crippen LogP contribution in [0.2, 0.25) is 0 Å². The van der Waals surface area contributed by atoms with Crippen molar-refractivity contribution in [2.45, 2.75) is 32.7 Å². The maximum atomic E-state index is 10.8. The zero-order valence-corrected chi connectivity index (χ0v) is 8.66. The molecule has 0 bridgehead atoms. The van der Waals surface area contributed by atoms with Crippen LogP contribution in [0.5, 0.6) is 0 Å². The monoisotopic (exact) mass is 185 g/mol. The summed E-state index contributed by atoms with van der Waals surface area (Å²) >= 11 is 0. The highest BCUT2D eigenvalue weighted by Crippen LogP contribution is 2.38. The van der Waals surface area contributed by atoms with Crippen LogP contribution in [0.25, 0.3) is 0 Å². The molecule has 0 aromatic carbocycles. The molecule has 0 aromatic rings. The Labute approximate surface area is 79.7 Å². The van der Waals surface area contributed by atoms with Gasteiger partial charge in [-0.1, -0.05) is 13.8 Å². The largest absolute Gasteiger partial charge is 0.480 e. The van der Waals surface area contributed by atoms with Gasteiger partial charge in [0.05, 0.1) is 0 Å². The molecule has 3 nitrogen and oxygen atoms in total. The number of nitrogens with zero attached hydrogens (tertiary/aromatic N) is 1. The van der Waals surface area contributed by atoms with E-state index < -0.39 is 5.97 Å². The maximum absolute atomic E-state index is 10.8. The van der Waals surface area contributed by atoms with Crippen LogP contribution in [-0.2, 0) is 4.79 Å². The number of hydrogen-bond acceptors (Lipinski definition) is 2. The van der Waals surface area contributed by atoms with E-state index in [1.807, 2.05) is 18.9 Å². The first-order valence-corrected chi connectivity index (χ1v) is 4.99. The molecule has 13 heavy (non-hydrogen) atoms. The van der Waals surface area contributed by atoms with E-state index in [4.69, 9.17) is 5.11 Å². The van der Waals surface area contributed by atoms with Crippen LogP contribution in [0.15, 0.2) is 0 Å². The van der Waals surface area contributed by atoms with Crippen molar-refractivity contribution in [1.82, 2.24) is 4.90 Å². The summed E-state index contributed by atoms with van der Waals surface area (Å²) in [7, 11) is 1.91. The summed E-state index contributed by atoms with van der Waals surface area (Å²) in [5.74, 6) is 0.838. The third kappa shape index (κ3) is 2.69. The van der Waals surface area contributed by atoms with E-state index in [9.17, 15) is 4.79 Å². The fourth-order valence-corrected chi connectivity index (χ4v) is 1.83. The Morgan fingerprint density at radius 2 is 2.23 bits per heavy atom. The number of likely N-dealkylation sites (N-methyl/N-ethyl adjacent to an activating group) is 1. The van der Waals surface area contributed by atoms with Crippen LogP contribution in [0.1, 0.15) is 26.7 Å². The van der Waals surface area contributed by atoms with Crippen molar-refractivity contribution >= 4 is 5.97 Å². The van der Waals surface area contributed by atoms with Crippen LogP contribution in [0.4, 0.5) is 0 Å². The average Bonchev–Trinajstić information content (AvgIpc) is 2.66. The van der Waals surface area contributed by atoms with E-state index in [-0.39, 0.29) is 6.04 Å². The van der Waals surface area contributed by atoms with Gasteiger partial charge in [-0.05, 0) is 31.7 Å². The number of rotatable bonds is 5. The minimum atomic E-state index is -0.696. The summed E-state index contributed by atoms with van der Waals surface area (Å²) in [5, 5.41) is 8.90. The van der Waals surface area contributed by atoms with Gasteiger partial charge in [-0.15, -0.1) is 0 Å². The fourth-order valence-electron chi connectivity index (χ4n) is 1.83. The molecular formula is C10H19NO2. The Hall–Kier alpha value is -0.570. The van der Waals surface area contributed by atoms with Crippen molar-refractivity contribution in [3.63, 3.8) is 0 Å². The summed E-state index contributed by atoms with van der Waals surface area (Å²) in [6.45, 7) is 5.08. The standard InChI is InChI=1S/C10H19NO2/c1-4-9(10(12)13)11(3)6-8-5-7(8)2/h7-9H,4-6H2,1-3H3,(H,12,13). The number of carbonyl (C=O) groups is 1. The molecule has 3 unspecified atom stereocenters. The van der Waals surface area contributed by atoms with E-state index >= 15 is 0 Å². The minimum absolute atomic E-state index is 0.298. The lowest BCUT2D eigenvalue weighted by Crippen LogP contribution is -2.39. The smallest absolute Gasteiger partial charge is 0.320 e. The van der Waals surface area contributed by atoms with Gasteiger partial charge >= 0.3 is 5.97 Å². The molecule has 1 N–H and O–H groups in total. The predicted molar refractivity (Wildman–Crippen MR) is 51.6 cm³/mol. The molecule has 0 aromatic heterocycles. The Balaban J connectivity index is 2.35. The number of carboxylic acids is 1. The molecule has 0 saturated heterocycles. The number of hydrogen-bond donors (Lipinski definition) is 1. The summed E-state index contributed by atoms with van der Waals surface area (Å²) in [6, 6.07) is -0.298. The first-order valence-electron chi connectivity index (χ1n) is 4.99. The molecule has 1 aliphatic carbocycles. The second-order valence-corrected chi connectivity index (χ2v) is 4.17. The van der Waals surface area contributed by atoms with Gasteiger partial charge in [0.1, 0.15) is 6.04 Å². The Kier molecular flexibility index (Phi) is 3.31. The molecule has 0 amide bonds. The molecule has 0 spiro atoms. The Morgan fingerprint density at radius 3 is 2.54 bits per heavy atom. The first kappa shape index (κ1) is 10.5. The topological polar surface area (TPSA) is 40.5 Å². The normalized spacial score (nSPS) is 28.9. The van der Waals surface area contributed by atoms with Crippen molar-refractivity contribution in [1.29, 1.82) is 0 Å². The molecule has 76 valence electrons. The van der Waals surface area contributed by atoms with Crippen LogP contribution in [-0.4, -0.2) is 35.6 Å². The summed E-state index contributed by atoms with van der Waals surface area (Å²) < 4.78 is 0. The first-order chi connectivity index (χ1) is 6.06. The lowest BCUT2D eigenvalue weighted by molar-refractivity contribution is -0.142. The van der Waals surface area contributed by atoms with Crippen molar-refractivity contribution in [3.8, 4) is 0 Å². The van der Waals surface area contributed by atoms with E-state index in [1.165, 1.54) is 6.42 Å². The lowest BCUT2D eigenvalue weighted by Gasteiger charge is -2.23. The van der Waals surface area contributed by atoms with Crippen molar-refractivity contribution in [2.24, 2.45) is 11.8 Å². The number of aliphatic carboxylic acids is 1. The SMILES string of the molecule is CCC(C(=O)O)N(C)CC1CC1C. The number of carboxylic acid groups (broad SMARTS) is 1. The van der Waals surface area contributed by atoms with Gasteiger partial charge in [0.2, 0.25) is 0 Å². The molecule has 1 saturated carbocycles. The second kappa shape index (κ2) is 4.09. The van der Waals surface area contributed by atoms with Gasteiger partial charge < -0.3 is 5.11 Å². The van der Waals surface area contributed by atoms with Gasteiger partial charge in [0, 0.05) is 6.54 Å². The molecule has 3 atom stereocenters. The summed E-state index contributed by atoms with van der Waals surface area (Å²) in [4.78, 5) is 12.8. The fraction of sp³-hybridized carbons (Fsp3) is 0.900. The van der Waals surface area contributed by atoms with E-state index in [1.54, 1.807) is 0 Å².